The number of para-hydroxylation sites is 1. The van der Waals surface area contributed by atoms with Crippen LogP contribution in [0.2, 0.25) is 0 Å². The summed E-state index contributed by atoms with van der Waals surface area (Å²) in [6.07, 6.45) is 0. The van der Waals surface area contributed by atoms with E-state index < -0.39 is 0 Å². The standard InChI is InChI=1S/C19H18N4OS2/c1-12-10-17-21-22-19(23(17)16-8-4-3-7-15(12)16)26-13(2)18(24)20-11-14-6-5-9-25-14/h3-10,13H,11H2,1-2H3,(H,20,24). The maximum absolute atomic E-state index is 12.4. The normalized spacial score (nSPS) is 12.5. The van der Waals surface area contributed by atoms with E-state index in [0.29, 0.717) is 6.54 Å². The van der Waals surface area contributed by atoms with Gasteiger partial charge in [0.05, 0.1) is 17.3 Å². The van der Waals surface area contributed by atoms with Crippen molar-refractivity contribution in [2.45, 2.75) is 30.8 Å². The van der Waals surface area contributed by atoms with E-state index >= 15 is 0 Å². The van der Waals surface area contributed by atoms with E-state index in [9.17, 15) is 4.79 Å². The van der Waals surface area contributed by atoms with E-state index in [1.165, 1.54) is 17.3 Å². The van der Waals surface area contributed by atoms with Crippen LogP contribution in [0, 0.1) is 6.92 Å². The Kier molecular flexibility index (Phi) is 4.65. The van der Waals surface area contributed by atoms with Gasteiger partial charge in [0.1, 0.15) is 0 Å². The molecule has 1 aromatic carbocycles. The molecule has 0 saturated carbocycles. The van der Waals surface area contributed by atoms with Crippen LogP contribution in [0.4, 0.5) is 0 Å². The maximum atomic E-state index is 12.4. The van der Waals surface area contributed by atoms with Crippen LogP contribution in [0.1, 0.15) is 17.4 Å². The molecule has 3 heterocycles. The number of hydrogen-bond acceptors (Lipinski definition) is 5. The number of nitrogens with zero attached hydrogens (tertiary/aromatic N) is 3. The molecule has 0 aliphatic carbocycles. The van der Waals surface area contributed by atoms with Crippen LogP contribution >= 0.6 is 23.1 Å². The summed E-state index contributed by atoms with van der Waals surface area (Å²) >= 11 is 3.07. The van der Waals surface area contributed by atoms with Gasteiger partial charge in [0.25, 0.3) is 0 Å². The van der Waals surface area contributed by atoms with E-state index in [0.717, 1.165) is 26.6 Å². The van der Waals surface area contributed by atoms with Gasteiger partial charge in [-0.15, -0.1) is 21.5 Å². The first-order chi connectivity index (χ1) is 12.6. The first kappa shape index (κ1) is 17.1. The van der Waals surface area contributed by atoms with Crippen LogP contribution in [0.3, 0.4) is 0 Å². The van der Waals surface area contributed by atoms with Crippen molar-refractivity contribution in [3.05, 3.63) is 58.3 Å². The third-order valence-corrected chi connectivity index (χ3v) is 6.16. The predicted octanol–water partition coefficient (Wildman–Crippen LogP) is 4.05. The fourth-order valence-corrected chi connectivity index (χ4v) is 4.43. The summed E-state index contributed by atoms with van der Waals surface area (Å²) < 4.78 is 2.02. The fourth-order valence-electron chi connectivity index (χ4n) is 2.89. The van der Waals surface area contributed by atoms with E-state index in [4.69, 9.17) is 0 Å². The molecule has 0 aliphatic rings. The smallest absolute Gasteiger partial charge is 0.233 e. The number of benzene rings is 1. The van der Waals surface area contributed by atoms with Crippen LogP contribution in [-0.2, 0) is 11.3 Å². The second-order valence-corrected chi connectivity index (χ2v) is 8.42. The highest BCUT2D eigenvalue weighted by atomic mass is 32.2. The van der Waals surface area contributed by atoms with E-state index in [2.05, 4.69) is 34.6 Å². The van der Waals surface area contributed by atoms with E-state index in [1.54, 1.807) is 11.3 Å². The number of rotatable bonds is 5. The Hall–Kier alpha value is -2.38. The molecular formula is C19H18N4OS2. The molecule has 0 bridgehead atoms. The molecule has 0 radical (unpaired) electrons. The van der Waals surface area contributed by atoms with Gasteiger partial charge >= 0.3 is 0 Å². The van der Waals surface area contributed by atoms with Gasteiger partial charge in [0.15, 0.2) is 10.8 Å². The maximum Gasteiger partial charge on any atom is 0.233 e. The lowest BCUT2D eigenvalue weighted by Gasteiger charge is -2.11. The van der Waals surface area contributed by atoms with Gasteiger partial charge in [-0.25, -0.2) is 0 Å². The summed E-state index contributed by atoms with van der Waals surface area (Å²) in [5, 5.41) is 15.2. The molecular weight excluding hydrogens is 364 g/mol. The molecule has 1 unspecified atom stereocenters. The van der Waals surface area contributed by atoms with Crippen molar-refractivity contribution in [3.8, 4) is 0 Å². The fraction of sp³-hybridized carbons (Fsp3) is 0.211. The number of thioether (sulfide) groups is 1. The minimum Gasteiger partial charge on any atom is -0.350 e. The Morgan fingerprint density at radius 3 is 2.92 bits per heavy atom. The topological polar surface area (TPSA) is 59.3 Å². The van der Waals surface area contributed by atoms with Gasteiger partial charge in [-0.1, -0.05) is 36.0 Å². The highest BCUT2D eigenvalue weighted by Gasteiger charge is 2.19. The number of pyridine rings is 1. The van der Waals surface area contributed by atoms with Crippen molar-refractivity contribution in [2.75, 3.05) is 0 Å². The van der Waals surface area contributed by atoms with Crippen molar-refractivity contribution >= 4 is 45.6 Å². The number of aryl methyl sites for hydroxylation is 1. The SMILES string of the molecule is Cc1cc2nnc(SC(C)C(=O)NCc3cccs3)n2c2ccccc12. The Labute approximate surface area is 159 Å². The monoisotopic (exact) mass is 382 g/mol. The first-order valence-electron chi connectivity index (χ1n) is 8.33. The lowest BCUT2D eigenvalue weighted by molar-refractivity contribution is -0.120. The highest BCUT2D eigenvalue weighted by Crippen LogP contribution is 2.28. The summed E-state index contributed by atoms with van der Waals surface area (Å²) in [4.78, 5) is 13.6. The van der Waals surface area contributed by atoms with Gasteiger partial charge in [0.2, 0.25) is 5.91 Å². The Bertz CT molecular complexity index is 1070. The molecule has 4 rings (SSSR count). The molecule has 26 heavy (non-hydrogen) atoms. The Balaban J connectivity index is 1.59. The number of carbonyl (C=O) groups excluding carboxylic acids is 1. The van der Waals surface area contributed by atoms with Gasteiger partial charge in [-0.05, 0) is 43.0 Å². The number of fused-ring (bicyclic) bond motifs is 3. The van der Waals surface area contributed by atoms with Gasteiger partial charge in [-0.2, -0.15) is 0 Å². The molecule has 0 spiro atoms. The number of carbonyl (C=O) groups is 1. The van der Waals surface area contributed by atoms with Crippen LogP contribution < -0.4 is 5.32 Å². The average Bonchev–Trinajstić information content (AvgIpc) is 3.30. The van der Waals surface area contributed by atoms with Crippen molar-refractivity contribution in [3.63, 3.8) is 0 Å². The third kappa shape index (κ3) is 3.20. The van der Waals surface area contributed by atoms with Crippen LogP contribution in [0.25, 0.3) is 16.6 Å². The zero-order chi connectivity index (χ0) is 18.1. The molecule has 1 atom stereocenters. The lowest BCUT2D eigenvalue weighted by atomic mass is 10.1. The summed E-state index contributed by atoms with van der Waals surface area (Å²) in [5.74, 6) is -0.00318. The van der Waals surface area contributed by atoms with E-state index in [1.807, 2.05) is 47.0 Å². The zero-order valence-corrected chi connectivity index (χ0v) is 16.1. The number of nitrogens with one attached hydrogen (secondary N) is 1. The molecule has 1 amide bonds. The number of aromatic nitrogens is 3. The summed E-state index contributed by atoms with van der Waals surface area (Å²) in [7, 11) is 0. The van der Waals surface area contributed by atoms with E-state index in [-0.39, 0.29) is 11.2 Å². The Morgan fingerprint density at radius 1 is 1.27 bits per heavy atom. The van der Waals surface area contributed by atoms with Gasteiger partial charge in [0, 0.05) is 10.3 Å². The number of hydrogen-bond donors (Lipinski definition) is 1. The molecule has 3 aromatic heterocycles. The molecule has 0 saturated heterocycles. The molecule has 5 nitrogen and oxygen atoms in total. The summed E-state index contributed by atoms with van der Waals surface area (Å²) in [5.41, 5.74) is 3.02. The van der Waals surface area contributed by atoms with Crippen LogP contribution in [0.15, 0.2) is 53.0 Å². The number of amides is 1. The molecule has 1 N–H and O–H groups in total. The quantitative estimate of drug-likeness (QED) is 0.529. The van der Waals surface area contributed by atoms with Crippen molar-refractivity contribution < 1.29 is 4.79 Å². The van der Waals surface area contributed by atoms with Crippen molar-refractivity contribution in [2.24, 2.45) is 0 Å². The van der Waals surface area contributed by atoms with Crippen molar-refractivity contribution in [1.82, 2.24) is 19.9 Å². The third-order valence-electron chi connectivity index (χ3n) is 4.24. The molecule has 0 aliphatic heterocycles. The van der Waals surface area contributed by atoms with Gasteiger partial charge < -0.3 is 5.32 Å². The highest BCUT2D eigenvalue weighted by molar-refractivity contribution is 8.00. The molecule has 0 fully saturated rings. The number of thiophene rings is 1. The minimum atomic E-state index is -0.262. The average molecular weight is 383 g/mol. The lowest BCUT2D eigenvalue weighted by Crippen LogP contribution is -2.30. The zero-order valence-electron chi connectivity index (χ0n) is 14.5. The molecule has 4 aromatic rings. The molecule has 7 heteroatoms. The first-order valence-corrected chi connectivity index (χ1v) is 10.1. The molecule has 132 valence electrons. The minimum absolute atomic E-state index is 0.00318. The predicted molar refractivity (Wildman–Crippen MR) is 107 cm³/mol. The largest absolute Gasteiger partial charge is 0.350 e. The summed E-state index contributed by atoms with van der Waals surface area (Å²) in [6.45, 7) is 4.53. The summed E-state index contributed by atoms with van der Waals surface area (Å²) in [6, 6.07) is 14.2. The Morgan fingerprint density at radius 2 is 2.12 bits per heavy atom. The van der Waals surface area contributed by atoms with Crippen LogP contribution in [-0.4, -0.2) is 25.8 Å². The van der Waals surface area contributed by atoms with Crippen molar-refractivity contribution in [1.29, 1.82) is 0 Å². The second-order valence-electron chi connectivity index (χ2n) is 6.08. The van der Waals surface area contributed by atoms with Gasteiger partial charge in [-0.3, -0.25) is 9.20 Å². The second kappa shape index (κ2) is 7.09. The van der Waals surface area contributed by atoms with Crippen LogP contribution in [0.5, 0.6) is 0 Å².